The number of benzene rings is 1. The first-order valence-corrected chi connectivity index (χ1v) is 10.9. The van der Waals surface area contributed by atoms with Crippen LogP contribution in [0, 0.1) is 6.92 Å². The van der Waals surface area contributed by atoms with E-state index in [-0.39, 0.29) is 35.9 Å². The highest BCUT2D eigenvalue weighted by Crippen LogP contribution is 2.33. The lowest BCUT2D eigenvalue weighted by Gasteiger charge is -2.34. The van der Waals surface area contributed by atoms with Crippen LogP contribution < -0.4 is 20.3 Å². The molecule has 1 amide bonds. The van der Waals surface area contributed by atoms with Crippen LogP contribution in [0.15, 0.2) is 35.3 Å². The van der Waals surface area contributed by atoms with Crippen molar-refractivity contribution in [3.63, 3.8) is 0 Å². The van der Waals surface area contributed by atoms with Crippen molar-refractivity contribution in [3.05, 3.63) is 51.9 Å². The molecule has 5 rings (SSSR count). The lowest BCUT2D eigenvalue weighted by atomic mass is 10.0. The normalized spacial score (nSPS) is 23.1. The maximum Gasteiger partial charge on any atom is 0.268 e. The molecule has 1 aromatic carbocycles. The predicted molar refractivity (Wildman–Crippen MR) is 114 cm³/mol. The first kappa shape index (κ1) is 20.1. The first-order chi connectivity index (χ1) is 15.1. The van der Waals surface area contributed by atoms with Gasteiger partial charge in [-0.2, -0.15) is 0 Å². The van der Waals surface area contributed by atoms with Gasteiger partial charge in [0, 0.05) is 12.3 Å². The number of nitrogens with one attached hydrogen (secondary N) is 1. The lowest BCUT2D eigenvalue weighted by molar-refractivity contribution is 0.0897. The Balaban J connectivity index is 1.40. The Morgan fingerprint density at radius 1 is 1.06 bits per heavy atom. The average Bonchev–Trinajstić information content (AvgIpc) is 3.43. The monoisotopic (exact) mass is 425 g/mol. The summed E-state index contributed by atoms with van der Waals surface area (Å²) in [5, 5.41) is 3.08. The second-order valence-electron chi connectivity index (χ2n) is 8.37. The van der Waals surface area contributed by atoms with Crippen molar-refractivity contribution in [1.82, 2.24) is 14.8 Å². The Hall–Kier alpha value is -2.84. The van der Waals surface area contributed by atoms with Gasteiger partial charge in [0.1, 0.15) is 5.56 Å². The quantitative estimate of drug-likeness (QED) is 0.805. The molecule has 1 N–H and O–H groups in total. The van der Waals surface area contributed by atoms with E-state index in [0.29, 0.717) is 36.0 Å². The smallest absolute Gasteiger partial charge is 0.268 e. The zero-order valence-corrected chi connectivity index (χ0v) is 17.6. The Morgan fingerprint density at radius 3 is 2.71 bits per heavy atom. The van der Waals surface area contributed by atoms with E-state index in [0.717, 1.165) is 13.1 Å². The van der Waals surface area contributed by atoms with Gasteiger partial charge in [-0.3, -0.25) is 19.1 Å². The minimum Gasteiger partial charge on any atom is -0.454 e. The summed E-state index contributed by atoms with van der Waals surface area (Å²) in [5.41, 5.74) is 1.07. The number of fused-ring (bicyclic) bond motifs is 1. The van der Waals surface area contributed by atoms with Gasteiger partial charge in [0.05, 0.1) is 31.0 Å². The van der Waals surface area contributed by atoms with E-state index < -0.39 is 0 Å². The van der Waals surface area contributed by atoms with Crippen LogP contribution in [-0.4, -0.2) is 60.6 Å². The largest absolute Gasteiger partial charge is 0.454 e. The Morgan fingerprint density at radius 2 is 1.87 bits per heavy atom. The third kappa shape index (κ3) is 3.81. The number of carbonyl (C=O) groups excluding carboxylic acids is 1. The number of rotatable bonds is 4. The molecule has 8 heteroatoms. The van der Waals surface area contributed by atoms with Gasteiger partial charge >= 0.3 is 0 Å². The fraction of sp³-hybridized carbons (Fsp3) is 0.478. The molecule has 0 saturated carbocycles. The van der Waals surface area contributed by atoms with Crippen molar-refractivity contribution in [2.24, 2.45) is 0 Å². The third-order valence-electron chi connectivity index (χ3n) is 6.39. The molecule has 2 fully saturated rings. The van der Waals surface area contributed by atoms with E-state index >= 15 is 0 Å². The minimum absolute atomic E-state index is 0.122. The summed E-state index contributed by atoms with van der Waals surface area (Å²) in [5.74, 6) is 0.880. The number of hydrogen-bond donors (Lipinski definition) is 1. The standard InChI is InChI=1S/C23H27N3O5/c1-15-7-10-26(16-5-6-19-20(11-16)31-14-30-19)23(28)21(15)22(27)24-17-12-29-13-18(17)25-8-3-2-4-9-25/h5-7,10-11,17-18H,2-4,8-9,12-14H2,1H3,(H,24,27)/t17-,18-/m0/s1. The van der Waals surface area contributed by atoms with Gasteiger partial charge in [0.2, 0.25) is 6.79 Å². The molecule has 0 aliphatic carbocycles. The molecule has 31 heavy (non-hydrogen) atoms. The zero-order valence-electron chi connectivity index (χ0n) is 17.6. The van der Waals surface area contributed by atoms with Gasteiger partial charge in [-0.05, 0) is 56.6 Å². The van der Waals surface area contributed by atoms with Crippen LogP contribution in [0.1, 0.15) is 35.2 Å². The van der Waals surface area contributed by atoms with Crippen LogP contribution in [0.3, 0.4) is 0 Å². The van der Waals surface area contributed by atoms with Crippen LogP contribution in [0.5, 0.6) is 11.5 Å². The van der Waals surface area contributed by atoms with Crippen LogP contribution in [0.4, 0.5) is 0 Å². The van der Waals surface area contributed by atoms with Gasteiger partial charge in [0.25, 0.3) is 11.5 Å². The average molecular weight is 425 g/mol. The van der Waals surface area contributed by atoms with Crippen molar-refractivity contribution >= 4 is 5.91 Å². The molecular weight excluding hydrogens is 398 g/mol. The van der Waals surface area contributed by atoms with Crippen molar-refractivity contribution in [2.75, 3.05) is 33.1 Å². The van der Waals surface area contributed by atoms with Gasteiger partial charge in [-0.15, -0.1) is 0 Å². The predicted octanol–water partition coefficient (Wildman–Crippen LogP) is 1.86. The summed E-state index contributed by atoms with van der Waals surface area (Å²) in [7, 11) is 0. The van der Waals surface area contributed by atoms with E-state index in [4.69, 9.17) is 14.2 Å². The number of ether oxygens (including phenoxy) is 3. The summed E-state index contributed by atoms with van der Waals surface area (Å²) in [6, 6.07) is 7.12. The second-order valence-corrected chi connectivity index (χ2v) is 8.37. The summed E-state index contributed by atoms with van der Waals surface area (Å²) in [4.78, 5) is 28.9. The Bertz CT molecular complexity index is 1040. The minimum atomic E-state index is -0.357. The number of pyridine rings is 1. The van der Waals surface area contributed by atoms with Crippen molar-refractivity contribution in [1.29, 1.82) is 0 Å². The fourth-order valence-corrected chi connectivity index (χ4v) is 4.67. The molecule has 0 radical (unpaired) electrons. The van der Waals surface area contributed by atoms with Crippen molar-refractivity contribution in [2.45, 2.75) is 38.3 Å². The van der Waals surface area contributed by atoms with Gasteiger partial charge < -0.3 is 19.5 Å². The zero-order chi connectivity index (χ0) is 21.4. The molecular formula is C23H27N3O5. The topological polar surface area (TPSA) is 82.0 Å². The number of amides is 1. The second kappa shape index (κ2) is 8.36. The number of piperidine rings is 1. The highest BCUT2D eigenvalue weighted by molar-refractivity contribution is 5.95. The molecule has 0 bridgehead atoms. The molecule has 164 valence electrons. The molecule has 2 aromatic rings. The lowest BCUT2D eigenvalue weighted by Crippen LogP contribution is -2.53. The summed E-state index contributed by atoms with van der Waals surface area (Å²) < 4.78 is 17.9. The summed E-state index contributed by atoms with van der Waals surface area (Å²) >= 11 is 0. The molecule has 1 aromatic heterocycles. The van der Waals surface area contributed by atoms with E-state index in [1.807, 2.05) is 0 Å². The molecule has 8 nitrogen and oxygen atoms in total. The highest BCUT2D eigenvalue weighted by atomic mass is 16.7. The molecule has 0 spiro atoms. The van der Waals surface area contributed by atoms with Crippen LogP contribution >= 0.6 is 0 Å². The summed E-state index contributed by atoms with van der Waals surface area (Å²) in [6.07, 6.45) is 5.29. The molecule has 2 saturated heterocycles. The Labute approximate surface area is 180 Å². The van der Waals surface area contributed by atoms with Crippen molar-refractivity contribution < 1.29 is 19.0 Å². The number of likely N-dealkylation sites (tertiary alicyclic amines) is 1. The number of nitrogens with zero attached hydrogens (tertiary/aromatic N) is 2. The van der Waals surface area contributed by atoms with Crippen LogP contribution in [0.2, 0.25) is 0 Å². The number of aryl methyl sites for hydroxylation is 1. The van der Waals surface area contributed by atoms with E-state index in [1.54, 1.807) is 37.4 Å². The van der Waals surface area contributed by atoms with Gasteiger partial charge in [-0.1, -0.05) is 6.42 Å². The molecule has 2 atom stereocenters. The van der Waals surface area contributed by atoms with E-state index in [1.165, 1.54) is 23.8 Å². The van der Waals surface area contributed by atoms with Crippen molar-refractivity contribution in [3.8, 4) is 17.2 Å². The molecule has 0 unspecified atom stereocenters. The van der Waals surface area contributed by atoms with Crippen LogP contribution in [0.25, 0.3) is 5.69 Å². The van der Waals surface area contributed by atoms with E-state index in [2.05, 4.69) is 10.2 Å². The Kier molecular flexibility index (Phi) is 5.41. The van der Waals surface area contributed by atoms with E-state index in [9.17, 15) is 9.59 Å². The maximum absolute atomic E-state index is 13.3. The fourth-order valence-electron chi connectivity index (χ4n) is 4.67. The SMILES string of the molecule is Cc1ccn(-c2ccc3c(c2)OCO3)c(=O)c1C(=O)N[C@H]1COC[C@@H]1N1CCCCC1. The third-order valence-corrected chi connectivity index (χ3v) is 6.39. The number of carbonyl (C=O) groups is 1. The molecule has 3 aliphatic heterocycles. The molecule has 3 aliphatic rings. The van der Waals surface area contributed by atoms with Gasteiger partial charge in [-0.25, -0.2) is 0 Å². The van der Waals surface area contributed by atoms with Crippen LogP contribution in [-0.2, 0) is 4.74 Å². The highest BCUT2D eigenvalue weighted by Gasteiger charge is 2.35. The maximum atomic E-state index is 13.3. The van der Waals surface area contributed by atoms with Gasteiger partial charge in [0.15, 0.2) is 11.5 Å². The summed E-state index contributed by atoms with van der Waals surface area (Å²) in [6.45, 7) is 5.09. The number of aromatic nitrogens is 1. The first-order valence-electron chi connectivity index (χ1n) is 10.9. The number of hydrogen-bond acceptors (Lipinski definition) is 6. The molecule has 4 heterocycles.